The minimum Gasteiger partial charge on any atom is -0.726 e. The summed E-state index contributed by atoms with van der Waals surface area (Å²) in [4.78, 5) is 14.6. The predicted molar refractivity (Wildman–Crippen MR) is 132 cm³/mol. The third-order valence-electron chi connectivity index (χ3n) is 6.79. The van der Waals surface area contributed by atoms with Crippen molar-refractivity contribution in [3.05, 3.63) is 0 Å². The highest BCUT2D eigenvalue weighted by atomic mass is 32.3. The summed E-state index contributed by atoms with van der Waals surface area (Å²) in [6.07, 6.45) is 6.21. The van der Waals surface area contributed by atoms with Gasteiger partial charge >= 0.3 is 0 Å². The Morgan fingerprint density at radius 1 is 1.06 bits per heavy atom. The van der Waals surface area contributed by atoms with Crippen LogP contribution in [0.5, 0.6) is 0 Å². The molecule has 33 heavy (non-hydrogen) atoms. The van der Waals surface area contributed by atoms with Crippen molar-refractivity contribution in [1.82, 2.24) is 4.90 Å². The fraction of sp³-hybridized carbons (Fsp3) is 0.958. The topological polar surface area (TPSA) is 96.0 Å². The van der Waals surface area contributed by atoms with Gasteiger partial charge in [0.15, 0.2) is 0 Å². The lowest BCUT2D eigenvalue weighted by Gasteiger charge is -2.37. The maximum atomic E-state index is 12.5. The van der Waals surface area contributed by atoms with E-state index in [-0.39, 0.29) is 12.0 Å². The van der Waals surface area contributed by atoms with Crippen LogP contribution in [0.1, 0.15) is 87.0 Å². The Bertz CT molecular complexity index is 627. The third kappa shape index (κ3) is 13.7. The molecule has 1 rings (SSSR count). The van der Waals surface area contributed by atoms with Gasteiger partial charge in [-0.1, -0.05) is 27.2 Å². The van der Waals surface area contributed by atoms with Gasteiger partial charge in [-0.05, 0) is 58.8 Å². The lowest BCUT2D eigenvalue weighted by molar-refractivity contribution is -0.923. The number of ether oxygens (including phenoxy) is 1. The molecule has 0 spiro atoms. The van der Waals surface area contributed by atoms with Gasteiger partial charge in [0.25, 0.3) is 0 Å². The van der Waals surface area contributed by atoms with Gasteiger partial charge in [0.1, 0.15) is 6.54 Å². The van der Waals surface area contributed by atoms with E-state index in [0.717, 1.165) is 62.9 Å². The summed E-state index contributed by atoms with van der Waals surface area (Å²) in [7, 11) is -4.42. The summed E-state index contributed by atoms with van der Waals surface area (Å²) in [5.74, 6) is 0.363. The molecule has 0 bridgehead atoms. The lowest BCUT2D eigenvalue weighted by Crippen LogP contribution is -2.49. The maximum absolute atomic E-state index is 12.5. The lowest BCUT2D eigenvalue weighted by atomic mass is 9.85. The van der Waals surface area contributed by atoms with E-state index in [4.69, 9.17) is 4.74 Å². The minimum atomic E-state index is -4.42. The third-order valence-corrected chi connectivity index (χ3v) is 7.31. The standard InChI is InChI=1S/C22H45N2O2.C2H6O4S/c1-7-20(23-15-13-11-12-14-21(23)25)18-22(5,6)19-26-17-16-24(8-2,9-3)10-4;1-2-6-7(3,4)5/h20H,7-19H2,1-6H3;2H2,1H3,(H,3,4,5)/q+1;/p-1. The zero-order valence-corrected chi connectivity index (χ0v) is 23.0. The van der Waals surface area contributed by atoms with Crippen molar-refractivity contribution >= 4 is 16.3 Å². The summed E-state index contributed by atoms with van der Waals surface area (Å²) in [6.45, 7) is 22.1. The van der Waals surface area contributed by atoms with Gasteiger partial charge in [0.2, 0.25) is 16.3 Å². The molecule has 0 N–H and O–H groups in total. The van der Waals surface area contributed by atoms with E-state index < -0.39 is 10.4 Å². The molecule has 9 heteroatoms. The zero-order chi connectivity index (χ0) is 25.5. The Kier molecular flexibility index (Phi) is 15.7. The van der Waals surface area contributed by atoms with E-state index in [2.05, 4.69) is 50.6 Å². The first kappa shape index (κ1) is 32.3. The van der Waals surface area contributed by atoms with Crippen LogP contribution in [0.15, 0.2) is 0 Å². The SMILES string of the molecule is CCC(CC(C)(C)COCC[N+](CC)(CC)CC)N1CCCCCC1=O.CCOS(=O)(=O)[O-]. The van der Waals surface area contributed by atoms with E-state index in [1.807, 2.05) is 0 Å². The van der Waals surface area contributed by atoms with Crippen molar-refractivity contribution in [3.8, 4) is 0 Å². The molecule has 1 heterocycles. The minimum absolute atomic E-state index is 0.0914. The van der Waals surface area contributed by atoms with Crippen LogP contribution in [0.3, 0.4) is 0 Å². The number of likely N-dealkylation sites (N-methyl/N-ethyl adjacent to an activating group) is 1. The van der Waals surface area contributed by atoms with Crippen molar-refractivity contribution < 1.29 is 31.2 Å². The van der Waals surface area contributed by atoms with Gasteiger partial charge in [0, 0.05) is 19.0 Å². The van der Waals surface area contributed by atoms with Crippen LogP contribution in [-0.2, 0) is 24.1 Å². The molecule has 0 saturated carbocycles. The average Bonchev–Trinajstić information content (AvgIpc) is 2.96. The van der Waals surface area contributed by atoms with Crippen LogP contribution in [0.2, 0.25) is 0 Å². The molecular weight excluding hydrogens is 444 g/mol. The van der Waals surface area contributed by atoms with Crippen molar-refractivity contribution in [2.45, 2.75) is 93.0 Å². The van der Waals surface area contributed by atoms with Crippen molar-refractivity contribution in [2.75, 3.05) is 52.5 Å². The first-order valence-electron chi connectivity index (χ1n) is 12.7. The monoisotopic (exact) mass is 494 g/mol. The Morgan fingerprint density at radius 3 is 2.12 bits per heavy atom. The molecule has 1 atom stereocenters. The summed E-state index contributed by atoms with van der Waals surface area (Å²) >= 11 is 0. The first-order chi connectivity index (χ1) is 15.4. The largest absolute Gasteiger partial charge is 0.726 e. The summed E-state index contributed by atoms with van der Waals surface area (Å²) in [5.41, 5.74) is 0.105. The van der Waals surface area contributed by atoms with Crippen LogP contribution in [0.4, 0.5) is 0 Å². The number of likely N-dealkylation sites (tertiary alicyclic amines) is 1. The second-order valence-corrected chi connectivity index (χ2v) is 10.8. The Hall–Kier alpha value is -0.740. The fourth-order valence-electron chi connectivity index (χ4n) is 4.46. The first-order valence-corrected chi connectivity index (χ1v) is 14.0. The number of rotatable bonds is 14. The predicted octanol–water partition coefficient (Wildman–Crippen LogP) is 3.96. The number of nitrogens with zero attached hydrogens (tertiary/aromatic N) is 2. The fourth-order valence-corrected chi connectivity index (χ4v) is 4.75. The molecule has 1 aliphatic rings. The normalized spacial score (nSPS) is 16.7. The van der Waals surface area contributed by atoms with Gasteiger partial charge in [0.05, 0.1) is 39.5 Å². The second-order valence-electron chi connectivity index (χ2n) is 9.71. The number of carbonyl (C=O) groups is 1. The summed E-state index contributed by atoms with van der Waals surface area (Å²) in [6, 6.07) is 0.357. The number of hydrogen-bond donors (Lipinski definition) is 0. The van der Waals surface area contributed by atoms with E-state index >= 15 is 0 Å². The zero-order valence-electron chi connectivity index (χ0n) is 22.2. The van der Waals surface area contributed by atoms with Crippen molar-refractivity contribution in [2.24, 2.45) is 5.41 Å². The number of amides is 1. The van der Waals surface area contributed by atoms with Gasteiger partial charge in [-0.3, -0.25) is 8.98 Å². The van der Waals surface area contributed by atoms with Crippen molar-refractivity contribution in [1.29, 1.82) is 0 Å². The van der Waals surface area contributed by atoms with Gasteiger partial charge < -0.3 is 18.7 Å². The van der Waals surface area contributed by atoms with Gasteiger partial charge in [-0.25, -0.2) is 8.42 Å². The van der Waals surface area contributed by atoms with Crippen LogP contribution in [0.25, 0.3) is 0 Å². The van der Waals surface area contributed by atoms with Crippen LogP contribution in [-0.4, -0.2) is 86.8 Å². The van der Waals surface area contributed by atoms with E-state index in [0.29, 0.717) is 11.9 Å². The smallest absolute Gasteiger partial charge is 0.222 e. The van der Waals surface area contributed by atoms with Crippen LogP contribution >= 0.6 is 0 Å². The highest BCUT2D eigenvalue weighted by molar-refractivity contribution is 7.80. The Labute approximate surface area is 203 Å². The highest BCUT2D eigenvalue weighted by Gasteiger charge is 2.30. The number of quaternary nitrogens is 1. The van der Waals surface area contributed by atoms with Crippen LogP contribution in [0, 0.1) is 5.41 Å². The highest BCUT2D eigenvalue weighted by Crippen LogP contribution is 2.28. The van der Waals surface area contributed by atoms with Crippen LogP contribution < -0.4 is 0 Å². The molecule has 1 saturated heterocycles. The molecule has 0 radical (unpaired) electrons. The van der Waals surface area contributed by atoms with E-state index in [9.17, 15) is 17.8 Å². The average molecular weight is 495 g/mol. The molecule has 1 unspecified atom stereocenters. The van der Waals surface area contributed by atoms with E-state index in [1.54, 1.807) is 0 Å². The molecule has 0 aromatic heterocycles. The van der Waals surface area contributed by atoms with E-state index in [1.165, 1.54) is 33.0 Å². The molecule has 198 valence electrons. The molecular formula is C24H50N2O6S. The number of hydrogen-bond acceptors (Lipinski definition) is 6. The molecule has 0 aromatic carbocycles. The molecule has 0 aliphatic carbocycles. The second kappa shape index (κ2) is 16.0. The molecule has 1 fully saturated rings. The maximum Gasteiger partial charge on any atom is 0.222 e. The van der Waals surface area contributed by atoms with Gasteiger partial charge in [-0.2, -0.15) is 0 Å². The number of carbonyl (C=O) groups excluding carboxylic acids is 1. The summed E-state index contributed by atoms with van der Waals surface area (Å²) < 4.78 is 39.3. The molecule has 1 aliphatic heterocycles. The van der Waals surface area contributed by atoms with Gasteiger partial charge in [-0.15, -0.1) is 0 Å². The quantitative estimate of drug-likeness (QED) is 0.157. The van der Waals surface area contributed by atoms with Crippen molar-refractivity contribution in [3.63, 3.8) is 0 Å². The Morgan fingerprint density at radius 2 is 1.67 bits per heavy atom. The molecule has 1 amide bonds. The molecule has 8 nitrogen and oxygen atoms in total. The molecule has 0 aromatic rings. The summed E-state index contributed by atoms with van der Waals surface area (Å²) in [5, 5.41) is 0. The Balaban J connectivity index is 0.00000126.